The van der Waals surface area contributed by atoms with Gasteiger partial charge in [-0.05, 0) is 223 Å². The van der Waals surface area contributed by atoms with Crippen LogP contribution in [0.15, 0.2) is 346 Å². The third-order valence-electron chi connectivity index (χ3n) is 23.1. The van der Waals surface area contributed by atoms with Crippen molar-refractivity contribution in [2.24, 2.45) is 0 Å². The van der Waals surface area contributed by atoms with E-state index < -0.39 is 5.41 Å². The molecule has 21 rings (SSSR count). The van der Waals surface area contributed by atoms with Crippen LogP contribution in [0.4, 0.5) is 0 Å². The zero-order chi connectivity index (χ0) is 74.4. The normalized spacial score (nSPS) is 12.2. The van der Waals surface area contributed by atoms with Gasteiger partial charge in [-0.15, -0.1) is 0 Å². The van der Waals surface area contributed by atoms with Gasteiger partial charge in [-0.3, -0.25) is 9.97 Å². The number of hydrogen-bond donors (Lipinski definition) is 0. The van der Waals surface area contributed by atoms with Gasteiger partial charge >= 0.3 is 0 Å². The number of nitriles is 1. The van der Waals surface area contributed by atoms with Crippen LogP contribution in [0.1, 0.15) is 50.1 Å². The summed E-state index contributed by atoms with van der Waals surface area (Å²) in [5, 5.41) is 24.3. The molecular formula is C104H69N7. The van der Waals surface area contributed by atoms with Crippen LogP contribution in [0.2, 0.25) is 0 Å². The summed E-state index contributed by atoms with van der Waals surface area (Å²) in [6.45, 7) is 9.08. The minimum Gasteiger partial charge on any atom is -0.265 e. The summed E-state index contributed by atoms with van der Waals surface area (Å²) < 4.78 is 0. The number of aryl methyl sites for hydroxylation is 4. The zero-order valence-corrected chi connectivity index (χ0v) is 61.5. The maximum atomic E-state index is 10.2. The molecule has 6 aromatic heterocycles. The minimum atomic E-state index is -0.629. The van der Waals surface area contributed by atoms with Gasteiger partial charge in [0.15, 0.2) is 0 Å². The molecule has 0 unspecified atom stereocenters. The summed E-state index contributed by atoms with van der Waals surface area (Å²) in [6.07, 6.45) is 7.37. The Labute approximate surface area is 642 Å². The Balaban J connectivity index is 0.000000150. The van der Waals surface area contributed by atoms with E-state index in [2.05, 4.69) is 359 Å². The van der Waals surface area contributed by atoms with Crippen LogP contribution in [-0.4, -0.2) is 29.9 Å². The van der Waals surface area contributed by atoms with Crippen LogP contribution in [0.5, 0.6) is 0 Å². The average Bonchev–Trinajstić information content (AvgIpc) is 1.69. The highest BCUT2D eigenvalue weighted by Crippen LogP contribution is 2.58. The second-order valence-electron chi connectivity index (χ2n) is 29.1. The number of pyridine rings is 6. The lowest BCUT2D eigenvalue weighted by Crippen LogP contribution is -2.28. The van der Waals surface area contributed by atoms with E-state index in [-0.39, 0.29) is 0 Å². The Kier molecular flexibility index (Phi) is 15.9. The lowest BCUT2D eigenvalue weighted by molar-refractivity contribution is 0.768. The molecular weight excluding hydrogens is 1350 g/mol. The zero-order valence-electron chi connectivity index (χ0n) is 61.5. The van der Waals surface area contributed by atoms with E-state index >= 15 is 0 Å². The number of benzene rings is 14. The Morgan fingerprint density at radius 1 is 0.243 bits per heavy atom. The van der Waals surface area contributed by atoms with Gasteiger partial charge in [0, 0.05) is 90.1 Å². The molecule has 111 heavy (non-hydrogen) atoms. The first-order valence-corrected chi connectivity index (χ1v) is 37.8. The maximum absolute atomic E-state index is 10.2. The van der Waals surface area contributed by atoms with Gasteiger partial charge in [-0.1, -0.05) is 237 Å². The van der Waals surface area contributed by atoms with Crippen LogP contribution in [-0.2, 0) is 5.41 Å². The number of hydrogen-bond acceptors (Lipinski definition) is 7. The van der Waals surface area contributed by atoms with Gasteiger partial charge in [0.2, 0.25) is 0 Å². The first kappa shape index (κ1) is 66.0. The molecule has 20 aromatic rings. The van der Waals surface area contributed by atoms with Crippen molar-refractivity contribution in [3.63, 3.8) is 0 Å². The molecule has 0 saturated heterocycles. The molecule has 0 atom stereocenters. The van der Waals surface area contributed by atoms with Crippen molar-refractivity contribution in [3.8, 4) is 95.6 Å². The highest BCUT2D eigenvalue weighted by atomic mass is 14.7. The molecule has 0 bridgehead atoms. The molecule has 0 spiro atoms. The molecule has 6 heterocycles. The van der Waals surface area contributed by atoms with Gasteiger partial charge in [0.1, 0.15) is 0 Å². The molecule has 0 fully saturated rings. The summed E-state index contributed by atoms with van der Waals surface area (Å²) in [5.41, 5.74) is 30.8. The van der Waals surface area contributed by atoms with Crippen molar-refractivity contribution in [1.82, 2.24) is 29.9 Å². The Morgan fingerprint density at radius 3 is 0.919 bits per heavy atom. The monoisotopic (exact) mass is 1420 g/mol. The molecule has 520 valence electrons. The predicted molar refractivity (Wildman–Crippen MR) is 459 cm³/mol. The van der Waals surface area contributed by atoms with Crippen LogP contribution in [0, 0.1) is 39.0 Å². The van der Waals surface area contributed by atoms with E-state index in [0.29, 0.717) is 5.56 Å². The number of aromatic nitrogens is 6. The molecule has 0 amide bonds. The second kappa shape index (κ2) is 26.8. The fraction of sp³-hybridized carbons (Fsp3) is 0.0481. The van der Waals surface area contributed by atoms with Crippen molar-refractivity contribution >= 4 is 86.7 Å². The molecule has 7 heteroatoms. The highest BCUT2D eigenvalue weighted by molar-refractivity contribution is 6.27. The number of fused-ring (bicyclic) bond motifs is 15. The van der Waals surface area contributed by atoms with Crippen molar-refractivity contribution in [2.45, 2.75) is 33.1 Å². The van der Waals surface area contributed by atoms with E-state index in [1.165, 1.54) is 82.2 Å². The molecule has 1 aliphatic carbocycles. The standard InChI is InChI=1S/C60H39N3.C44H30N4/c1-37-55-49-26-13-15-28-53(49)63-59(57(55)38(2)54-48-25-12-14-27-52(48)62-58(56(37)54)40-17-6-3-7-18-40)43-20-16-19-41(34-43)42-30-32-47-46-31-29-39(36-61)33-50(46)60(51(47)35-42,44-21-8-4-9-22-44)45-23-10-5-11-24-45;1-27-39-35-13-3-5-15-37(35)48-44(34-12-8-10-32(26-34)30-19-23-46-24-20-30)42(39)28(2)40-36-14-4-6-16-38(36)47-43(41(27)40)33-11-7-9-31(25-33)29-17-21-45-22-18-29/h3-35H,1-2H3;3-26H,1-2H3. The van der Waals surface area contributed by atoms with Gasteiger partial charge in [0.05, 0.1) is 61.9 Å². The van der Waals surface area contributed by atoms with E-state index in [4.69, 9.17) is 19.9 Å². The summed E-state index contributed by atoms with van der Waals surface area (Å²) in [5.74, 6) is 0. The lowest BCUT2D eigenvalue weighted by Gasteiger charge is -2.34. The fourth-order valence-corrected chi connectivity index (χ4v) is 18.2. The smallest absolute Gasteiger partial charge is 0.0991 e. The Morgan fingerprint density at radius 2 is 0.541 bits per heavy atom. The van der Waals surface area contributed by atoms with Gasteiger partial charge < -0.3 is 0 Å². The van der Waals surface area contributed by atoms with Crippen LogP contribution in [0.25, 0.3) is 176 Å². The van der Waals surface area contributed by atoms with Gasteiger partial charge in [-0.2, -0.15) is 5.26 Å². The van der Waals surface area contributed by atoms with E-state index in [0.717, 1.165) is 139 Å². The average molecular weight is 1420 g/mol. The molecule has 0 N–H and O–H groups in total. The van der Waals surface area contributed by atoms with Crippen molar-refractivity contribution < 1.29 is 0 Å². The molecule has 0 saturated carbocycles. The molecule has 7 nitrogen and oxygen atoms in total. The SMILES string of the molecule is Cc1c2c(-c3cccc(-c4ccc5c(c4)C(c4ccccc4)(c4ccccc4)c4cc(C#N)ccc4-5)c3)nc3ccccc3c2c(C)c2c(-c3ccccc3)nc3ccccc3c12.Cc1c2c(-c3cccc(-c4ccncc4)c3)nc3ccccc3c2c(C)c2c(-c3cccc(-c4ccncc4)c3)nc3ccccc3c12. The first-order valence-electron chi connectivity index (χ1n) is 37.8. The topological polar surface area (TPSA) is 101 Å². The van der Waals surface area contributed by atoms with Crippen LogP contribution < -0.4 is 0 Å². The van der Waals surface area contributed by atoms with Crippen molar-refractivity contribution in [1.29, 1.82) is 5.26 Å². The number of nitrogens with zero attached hydrogens (tertiary/aromatic N) is 7. The predicted octanol–water partition coefficient (Wildman–Crippen LogP) is 26.1. The van der Waals surface area contributed by atoms with E-state index in [1.54, 1.807) is 0 Å². The number of rotatable bonds is 9. The molecule has 14 aromatic carbocycles. The molecule has 0 aliphatic heterocycles. The fourth-order valence-electron chi connectivity index (χ4n) is 18.2. The Bertz CT molecular complexity index is 7010. The minimum absolute atomic E-state index is 0.629. The number of para-hydroxylation sites is 4. The summed E-state index contributed by atoms with van der Waals surface area (Å²) in [7, 11) is 0. The van der Waals surface area contributed by atoms with Gasteiger partial charge in [-0.25, -0.2) is 19.9 Å². The molecule has 1 aliphatic rings. The highest BCUT2D eigenvalue weighted by Gasteiger charge is 2.46. The summed E-state index contributed by atoms with van der Waals surface area (Å²) in [4.78, 5) is 30.1. The van der Waals surface area contributed by atoms with Crippen LogP contribution >= 0.6 is 0 Å². The van der Waals surface area contributed by atoms with E-state index in [9.17, 15) is 5.26 Å². The third-order valence-corrected chi connectivity index (χ3v) is 23.1. The van der Waals surface area contributed by atoms with Crippen molar-refractivity contribution in [2.75, 3.05) is 0 Å². The second-order valence-corrected chi connectivity index (χ2v) is 29.1. The molecule has 0 radical (unpaired) electrons. The summed E-state index contributed by atoms with van der Waals surface area (Å²) >= 11 is 0. The van der Waals surface area contributed by atoms with E-state index in [1.807, 2.05) is 30.9 Å². The first-order chi connectivity index (χ1) is 54.7. The van der Waals surface area contributed by atoms with Crippen molar-refractivity contribution in [3.05, 3.63) is 396 Å². The Hall–Kier alpha value is -14.5. The maximum Gasteiger partial charge on any atom is 0.0991 e. The van der Waals surface area contributed by atoms with Crippen LogP contribution in [0.3, 0.4) is 0 Å². The quantitative estimate of drug-likeness (QED) is 0.105. The van der Waals surface area contributed by atoms with Gasteiger partial charge in [0.25, 0.3) is 0 Å². The summed E-state index contributed by atoms with van der Waals surface area (Å²) in [6, 6.07) is 116. The lowest BCUT2D eigenvalue weighted by atomic mass is 9.67. The third kappa shape index (κ3) is 10.7. The largest absolute Gasteiger partial charge is 0.265 e.